The third kappa shape index (κ3) is 1.87. The largest absolute Gasteiger partial charge is 0.288 e. The molecule has 1 aromatic carbocycles. The van der Waals surface area contributed by atoms with Crippen molar-refractivity contribution < 1.29 is 4.79 Å². The lowest BCUT2D eigenvalue weighted by Gasteiger charge is -2.04. The molecule has 2 nitrogen and oxygen atoms in total. The number of fused-ring (bicyclic) bond motifs is 1. The normalized spacial score (nSPS) is 10.7. The monoisotopic (exact) mass is 317 g/mol. The van der Waals surface area contributed by atoms with Crippen molar-refractivity contribution in [1.29, 1.82) is 0 Å². The molecule has 3 rings (SSSR count). The Morgan fingerprint density at radius 1 is 1.17 bits per heavy atom. The summed E-state index contributed by atoms with van der Waals surface area (Å²) in [6, 6.07) is 11.3. The summed E-state index contributed by atoms with van der Waals surface area (Å²) in [5, 5.41) is 2.80. The van der Waals surface area contributed by atoms with Gasteiger partial charge in [0.1, 0.15) is 0 Å². The Morgan fingerprint density at radius 2 is 2.06 bits per heavy atom. The van der Waals surface area contributed by atoms with Crippen LogP contribution in [0.1, 0.15) is 15.2 Å². The van der Waals surface area contributed by atoms with E-state index < -0.39 is 0 Å². The van der Waals surface area contributed by atoms with Gasteiger partial charge in [0, 0.05) is 21.6 Å². The smallest absolute Gasteiger partial charge is 0.204 e. The van der Waals surface area contributed by atoms with Gasteiger partial charge in [-0.1, -0.05) is 18.2 Å². The number of hydrogen-bond acceptors (Lipinski definition) is 3. The van der Waals surface area contributed by atoms with E-state index in [4.69, 9.17) is 0 Å². The number of thiophene rings is 1. The predicted molar refractivity (Wildman–Crippen MR) is 77.2 cm³/mol. The summed E-state index contributed by atoms with van der Waals surface area (Å²) in [6.45, 7) is 0. The van der Waals surface area contributed by atoms with Crippen LogP contribution in [-0.2, 0) is 0 Å². The lowest BCUT2D eigenvalue weighted by molar-refractivity contribution is 0.104. The second-order valence-electron chi connectivity index (χ2n) is 3.80. The molecule has 0 aliphatic carbocycles. The van der Waals surface area contributed by atoms with Crippen LogP contribution in [0, 0.1) is 0 Å². The van der Waals surface area contributed by atoms with E-state index in [0.717, 1.165) is 20.3 Å². The van der Waals surface area contributed by atoms with Crippen LogP contribution in [0.25, 0.3) is 10.9 Å². The average molecular weight is 318 g/mol. The van der Waals surface area contributed by atoms with Crippen molar-refractivity contribution >= 4 is 44.0 Å². The van der Waals surface area contributed by atoms with Crippen molar-refractivity contribution in [3.63, 3.8) is 0 Å². The van der Waals surface area contributed by atoms with Crippen molar-refractivity contribution in [2.45, 2.75) is 0 Å². The predicted octanol–water partition coefficient (Wildman–Crippen LogP) is 4.29. The minimum atomic E-state index is 0.0375. The highest BCUT2D eigenvalue weighted by atomic mass is 79.9. The maximum atomic E-state index is 12.5. The SMILES string of the molecule is O=C(c1sccc1Br)c1cccc2ncccc12. The summed E-state index contributed by atoms with van der Waals surface area (Å²) in [5.41, 5.74) is 1.54. The third-order valence-corrected chi connectivity index (χ3v) is 4.55. The highest BCUT2D eigenvalue weighted by molar-refractivity contribution is 9.10. The molecule has 2 aromatic heterocycles. The maximum absolute atomic E-state index is 12.5. The number of aromatic nitrogens is 1. The van der Waals surface area contributed by atoms with Gasteiger partial charge in [-0.15, -0.1) is 11.3 Å². The van der Waals surface area contributed by atoms with Gasteiger partial charge >= 0.3 is 0 Å². The molecule has 0 saturated heterocycles. The number of rotatable bonds is 2. The van der Waals surface area contributed by atoms with Crippen LogP contribution < -0.4 is 0 Å². The van der Waals surface area contributed by atoms with Crippen LogP contribution in [0.4, 0.5) is 0 Å². The summed E-state index contributed by atoms with van der Waals surface area (Å²) in [6.07, 6.45) is 1.73. The van der Waals surface area contributed by atoms with Gasteiger partial charge < -0.3 is 0 Å². The fourth-order valence-electron chi connectivity index (χ4n) is 1.88. The zero-order valence-corrected chi connectivity index (χ0v) is 11.7. The molecule has 0 saturated carbocycles. The number of pyridine rings is 1. The molecule has 0 aliphatic rings. The van der Waals surface area contributed by atoms with Crippen LogP contribution in [0.3, 0.4) is 0 Å². The summed E-state index contributed by atoms with van der Waals surface area (Å²) in [5.74, 6) is 0.0375. The second kappa shape index (κ2) is 4.63. The van der Waals surface area contributed by atoms with E-state index in [1.165, 1.54) is 11.3 Å². The Labute approximate surface area is 116 Å². The molecule has 0 atom stereocenters. The molecule has 88 valence electrons. The molecule has 3 aromatic rings. The van der Waals surface area contributed by atoms with E-state index in [-0.39, 0.29) is 5.78 Å². The summed E-state index contributed by atoms with van der Waals surface area (Å²) >= 11 is 4.85. The standard InChI is InChI=1S/C14H8BrNOS/c15-11-6-8-18-14(11)13(17)10-3-1-5-12-9(10)4-2-7-16-12/h1-8H. The lowest BCUT2D eigenvalue weighted by Crippen LogP contribution is -2.00. The Bertz CT molecular complexity index is 730. The zero-order valence-electron chi connectivity index (χ0n) is 9.26. The van der Waals surface area contributed by atoms with Gasteiger partial charge in [0.25, 0.3) is 0 Å². The molecule has 2 heterocycles. The minimum absolute atomic E-state index is 0.0375. The number of hydrogen-bond donors (Lipinski definition) is 0. The minimum Gasteiger partial charge on any atom is -0.288 e. The first-order chi connectivity index (χ1) is 8.77. The Morgan fingerprint density at radius 3 is 2.83 bits per heavy atom. The molecular formula is C14H8BrNOS. The first-order valence-corrected chi connectivity index (χ1v) is 7.06. The van der Waals surface area contributed by atoms with Crippen LogP contribution >= 0.6 is 27.3 Å². The molecule has 0 N–H and O–H groups in total. The summed E-state index contributed by atoms with van der Waals surface area (Å²) < 4.78 is 0.846. The fraction of sp³-hybridized carbons (Fsp3) is 0. The van der Waals surface area contributed by atoms with Crippen molar-refractivity contribution in [1.82, 2.24) is 4.98 Å². The van der Waals surface area contributed by atoms with Crippen molar-refractivity contribution in [2.75, 3.05) is 0 Å². The number of halogens is 1. The van der Waals surface area contributed by atoms with Crippen LogP contribution in [-0.4, -0.2) is 10.8 Å². The quantitative estimate of drug-likeness (QED) is 0.660. The van der Waals surface area contributed by atoms with E-state index >= 15 is 0 Å². The number of carbonyl (C=O) groups is 1. The number of carbonyl (C=O) groups excluding carboxylic acids is 1. The average Bonchev–Trinajstić information content (AvgIpc) is 2.83. The van der Waals surface area contributed by atoms with Crippen molar-refractivity contribution in [3.05, 3.63) is 62.9 Å². The zero-order chi connectivity index (χ0) is 12.5. The van der Waals surface area contributed by atoms with E-state index in [0.29, 0.717) is 5.56 Å². The molecule has 0 aliphatic heterocycles. The molecule has 0 radical (unpaired) electrons. The van der Waals surface area contributed by atoms with E-state index in [1.807, 2.05) is 41.8 Å². The van der Waals surface area contributed by atoms with Crippen molar-refractivity contribution in [3.8, 4) is 0 Å². The molecule has 0 amide bonds. The highest BCUT2D eigenvalue weighted by Gasteiger charge is 2.16. The first kappa shape index (κ1) is 11.6. The number of nitrogens with zero attached hydrogens (tertiary/aromatic N) is 1. The van der Waals surface area contributed by atoms with Crippen LogP contribution in [0.5, 0.6) is 0 Å². The van der Waals surface area contributed by atoms with Gasteiger partial charge in [-0.05, 0) is 39.5 Å². The summed E-state index contributed by atoms with van der Waals surface area (Å²) in [7, 11) is 0. The van der Waals surface area contributed by atoms with Gasteiger partial charge in [-0.3, -0.25) is 9.78 Å². The Balaban J connectivity index is 2.21. The van der Waals surface area contributed by atoms with Crippen LogP contribution in [0.2, 0.25) is 0 Å². The summed E-state index contributed by atoms with van der Waals surface area (Å²) in [4.78, 5) is 17.5. The lowest BCUT2D eigenvalue weighted by atomic mass is 10.0. The molecule has 0 spiro atoms. The van der Waals surface area contributed by atoms with Gasteiger partial charge in [-0.2, -0.15) is 0 Å². The molecule has 18 heavy (non-hydrogen) atoms. The highest BCUT2D eigenvalue weighted by Crippen LogP contribution is 2.28. The fourth-order valence-corrected chi connectivity index (χ4v) is 3.38. The maximum Gasteiger partial charge on any atom is 0.204 e. The Hall–Kier alpha value is -1.52. The Kier molecular flexibility index (Phi) is 2.97. The topological polar surface area (TPSA) is 30.0 Å². The van der Waals surface area contributed by atoms with E-state index in [9.17, 15) is 4.79 Å². The molecule has 0 unspecified atom stereocenters. The number of benzene rings is 1. The van der Waals surface area contributed by atoms with Gasteiger partial charge in [0.15, 0.2) is 0 Å². The third-order valence-electron chi connectivity index (χ3n) is 2.71. The van der Waals surface area contributed by atoms with Gasteiger partial charge in [0.2, 0.25) is 5.78 Å². The van der Waals surface area contributed by atoms with Crippen molar-refractivity contribution in [2.24, 2.45) is 0 Å². The van der Waals surface area contributed by atoms with E-state index in [2.05, 4.69) is 20.9 Å². The molecule has 4 heteroatoms. The molecular weight excluding hydrogens is 310 g/mol. The van der Waals surface area contributed by atoms with Gasteiger partial charge in [-0.25, -0.2) is 0 Å². The van der Waals surface area contributed by atoms with Gasteiger partial charge in [0.05, 0.1) is 10.4 Å². The van der Waals surface area contributed by atoms with Crippen LogP contribution in [0.15, 0.2) is 52.4 Å². The first-order valence-electron chi connectivity index (χ1n) is 5.39. The second-order valence-corrected chi connectivity index (χ2v) is 5.57. The van der Waals surface area contributed by atoms with E-state index in [1.54, 1.807) is 6.20 Å². The molecule has 0 fully saturated rings. The molecule has 0 bridgehead atoms. The number of ketones is 1.